The summed E-state index contributed by atoms with van der Waals surface area (Å²) in [5.41, 5.74) is -1.51. The molecule has 0 aliphatic carbocycles. The molecule has 0 aliphatic rings. The van der Waals surface area contributed by atoms with Crippen molar-refractivity contribution in [3.63, 3.8) is 0 Å². The number of aromatic nitrogens is 2. The molecule has 0 bridgehead atoms. The molecule has 1 heterocycles. The number of nitro benzene ring substituents is 2. The van der Waals surface area contributed by atoms with Gasteiger partial charge in [0.05, 0.1) is 21.5 Å². The Kier molecular flexibility index (Phi) is 5.18. The highest BCUT2D eigenvalue weighted by molar-refractivity contribution is 7.10. The first-order valence-corrected chi connectivity index (χ1v) is 7.65. The van der Waals surface area contributed by atoms with Crippen molar-refractivity contribution in [2.75, 3.05) is 5.32 Å². The normalized spacial score (nSPS) is 11.1. The number of non-ortho nitro benzene ring substituents is 2. The third kappa shape index (κ3) is 4.26. The summed E-state index contributed by atoms with van der Waals surface area (Å²) in [6.07, 6.45) is 0. The standard InChI is InChI=1S/C10H4Cl3N5O5S/c11-10(12,13)8-15-9(24-16-8)14-7(19)4-1-5(17(20)21)3-6(2-4)18(22)23/h1-3H,(H,14,15,16,19). The number of hydrogen-bond donors (Lipinski definition) is 1. The van der Waals surface area contributed by atoms with Crippen molar-refractivity contribution < 1.29 is 14.6 Å². The number of carbonyl (C=O) groups is 1. The zero-order valence-corrected chi connectivity index (χ0v) is 14.2. The van der Waals surface area contributed by atoms with Crippen LogP contribution in [-0.4, -0.2) is 25.1 Å². The number of benzene rings is 1. The Labute approximate surface area is 151 Å². The highest BCUT2D eigenvalue weighted by Gasteiger charge is 2.29. The number of carbonyl (C=O) groups excluding carboxylic acids is 1. The predicted octanol–water partition coefficient (Wildman–Crippen LogP) is 3.43. The molecule has 1 aromatic carbocycles. The third-order valence-corrected chi connectivity index (χ3v) is 3.62. The van der Waals surface area contributed by atoms with Gasteiger partial charge < -0.3 is 0 Å². The van der Waals surface area contributed by atoms with Gasteiger partial charge in [-0.3, -0.25) is 30.3 Å². The second-order valence-electron chi connectivity index (χ2n) is 4.13. The lowest BCUT2D eigenvalue weighted by molar-refractivity contribution is -0.394. The molecule has 0 unspecified atom stereocenters. The van der Waals surface area contributed by atoms with Crippen molar-refractivity contribution in [2.24, 2.45) is 0 Å². The first-order valence-electron chi connectivity index (χ1n) is 5.74. The van der Waals surface area contributed by atoms with Crippen molar-refractivity contribution in [2.45, 2.75) is 3.79 Å². The van der Waals surface area contributed by atoms with E-state index in [1.807, 2.05) is 0 Å². The van der Waals surface area contributed by atoms with Gasteiger partial charge in [-0.15, -0.1) is 0 Å². The Balaban J connectivity index is 2.31. The van der Waals surface area contributed by atoms with E-state index < -0.39 is 30.9 Å². The maximum Gasteiger partial charge on any atom is 0.277 e. The minimum absolute atomic E-state index is 0.0458. The van der Waals surface area contributed by atoms with Crippen molar-refractivity contribution in [1.82, 2.24) is 9.36 Å². The van der Waals surface area contributed by atoms with Crippen LogP contribution in [0.5, 0.6) is 0 Å². The molecule has 2 rings (SSSR count). The van der Waals surface area contributed by atoms with Gasteiger partial charge in [-0.1, -0.05) is 34.8 Å². The molecule has 0 aliphatic heterocycles. The van der Waals surface area contributed by atoms with Crippen LogP contribution >= 0.6 is 46.3 Å². The van der Waals surface area contributed by atoms with E-state index in [4.69, 9.17) is 34.8 Å². The van der Waals surface area contributed by atoms with E-state index in [1.165, 1.54) is 0 Å². The smallest absolute Gasteiger partial charge is 0.277 e. The first kappa shape index (κ1) is 18.3. The highest BCUT2D eigenvalue weighted by atomic mass is 35.6. The van der Waals surface area contributed by atoms with Gasteiger partial charge in [0, 0.05) is 23.7 Å². The molecular formula is C10H4Cl3N5O5S. The lowest BCUT2D eigenvalue weighted by Crippen LogP contribution is -2.13. The SMILES string of the molecule is O=C(Nc1nc(C(Cl)(Cl)Cl)ns1)c1cc([N+](=O)[O-])cc([N+](=O)[O-])c1. The quantitative estimate of drug-likeness (QED) is 0.460. The van der Waals surface area contributed by atoms with Crippen LogP contribution in [0.4, 0.5) is 16.5 Å². The van der Waals surface area contributed by atoms with Gasteiger partial charge >= 0.3 is 0 Å². The van der Waals surface area contributed by atoms with Crippen LogP contribution in [-0.2, 0) is 3.79 Å². The Morgan fingerprint density at radius 3 is 2.08 bits per heavy atom. The van der Waals surface area contributed by atoms with Gasteiger partial charge in [-0.05, 0) is 0 Å². The number of nitrogens with zero attached hydrogens (tertiary/aromatic N) is 4. The van der Waals surface area contributed by atoms with Crippen LogP contribution in [0, 0.1) is 20.2 Å². The molecule has 2 aromatic rings. The van der Waals surface area contributed by atoms with Crippen LogP contribution in [0.15, 0.2) is 18.2 Å². The summed E-state index contributed by atoms with van der Waals surface area (Å²) in [7, 11) is 0. The molecule has 1 amide bonds. The Morgan fingerprint density at radius 2 is 1.67 bits per heavy atom. The molecule has 0 fully saturated rings. The number of nitro groups is 2. The monoisotopic (exact) mass is 411 g/mol. The van der Waals surface area contributed by atoms with Gasteiger partial charge in [-0.2, -0.15) is 9.36 Å². The summed E-state index contributed by atoms with van der Waals surface area (Å²) in [4.78, 5) is 35.8. The number of nitrogens with one attached hydrogen (secondary N) is 1. The average molecular weight is 413 g/mol. The van der Waals surface area contributed by atoms with Gasteiger partial charge in [0.2, 0.25) is 5.13 Å². The van der Waals surface area contributed by atoms with E-state index in [0.717, 1.165) is 18.2 Å². The van der Waals surface area contributed by atoms with Crippen molar-refractivity contribution in [3.8, 4) is 0 Å². The van der Waals surface area contributed by atoms with Crippen LogP contribution in [0.25, 0.3) is 0 Å². The van der Waals surface area contributed by atoms with Gasteiger partial charge in [0.15, 0.2) is 5.82 Å². The molecule has 0 spiro atoms. The number of anilines is 1. The molecule has 0 atom stereocenters. The zero-order chi connectivity index (χ0) is 18.1. The summed E-state index contributed by atoms with van der Waals surface area (Å²) >= 11 is 17.5. The van der Waals surface area contributed by atoms with E-state index in [0.29, 0.717) is 11.5 Å². The summed E-state index contributed by atoms with van der Waals surface area (Å²) in [5, 5.41) is 23.8. The molecule has 24 heavy (non-hydrogen) atoms. The fourth-order valence-corrected chi connectivity index (χ4v) is 2.52. The number of amides is 1. The lowest BCUT2D eigenvalue weighted by atomic mass is 10.1. The molecular weight excluding hydrogens is 409 g/mol. The van der Waals surface area contributed by atoms with Gasteiger partial charge in [0.25, 0.3) is 21.1 Å². The molecule has 0 saturated heterocycles. The molecule has 10 nitrogen and oxygen atoms in total. The Bertz CT molecular complexity index is 804. The number of alkyl halides is 3. The maximum atomic E-state index is 12.1. The zero-order valence-electron chi connectivity index (χ0n) is 11.1. The van der Waals surface area contributed by atoms with Crippen molar-refractivity contribution in [3.05, 3.63) is 49.8 Å². The molecule has 1 N–H and O–H groups in total. The minimum Gasteiger partial charge on any atom is -0.297 e. The fraction of sp³-hybridized carbons (Fsp3) is 0.100. The summed E-state index contributed by atoms with van der Waals surface area (Å²) in [5.74, 6) is -1.04. The van der Waals surface area contributed by atoms with E-state index in [1.54, 1.807) is 0 Å². The molecule has 1 aromatic heterocycles. The predicted molar refractivity (Wildman–Crippen MR) is 86.8 cm³/mol. The van der Waals surface area contributed by atoms with Crippen LogP contribution in [0.1, 0.15) is 16.2 Å². The van der Waals surface area contributed by atoms with Crippen LogP contribution in [0.3, 0.4) is 0 Å². The average Bonchev–Trinajstić information content (AvgIpc) is 2.95. The van der Waals surface area contributed by atoms with E-state index in [-0.39, 0.29) is 16.5 Å². The van der Waals surface area contributed by atoms with Gasteiger partial charge in [0.1, 0.15) is 0 Å². The molecule has 14 heteroatoms. The van der Waals surface area contributed by atoms with Crippen LogP contribution in [0.2, 0.25) is 0 Å². The number of hydrogen-bond acceptors (Lipinski definition) is 8. The molecule has 0 radical (unpaired) electrons. The second kappa shape index (κ2) is 6.81. The summed E-state index contributed by atoms with van der Waals surface area (Å²) in [6, 6.07) is 2.52. The topological polar surface area (TPSA) is 141 Å². The summed E-state index contributed by atoms with van der Waals surface area (Å²) in [6.45, 7) is 0. The maximum absolute atomic E-state index is 12.1. The lowest BCUT2D eigenvalue weighted by Gasteiger charge is -2.04. The molecule has 0 saturated carbocycles. The van der Waals surface area contributed by atoms with Crippen LogP contribution < -0.4 is 5.32 Å². The first-order chi connectivity index (χ1) is 11.1. The third-order valence-electron chi connectivity index (χ3n) is 2.49. The minimum atomic E-state index is -1.89. The summed E-state index contributed by atoms with van der Waals surface area (Å²) < 4.78 is 1.84. The number of halogens is 3. The largest absolute Gasteiger partial charge is 0.297 e. The Hall–Kier alpha value is -2.08. The van der Waals surface area contributed by atoms with Gasteiger partial charge in [-0.25, -0.2) is 0 Å². The second-order valence-corrected chi connectivity index (χ2v) is 7.16. The van der Waals surface area contributed by atoms with Crippen molar-refractivity contribution in [1.29, 1.82) is 0 Å². The van der Waals surface area contributed by atoms with E-state index in [2.05, 4.69) is 14.7 Å². The Morgan fingerprint density at radius 1 is 1.12 bits per heavy atom. The fourth-order valence-electron chi connectivity index (χ4n) is 1.50. The number of rotatable bonds is 4. The molecule has 126 valence electrons. The van der Waals surface area contributed by atoms with Crippen molar-refractivity contribution >= 4 is 68.7 Å². The highest BCUT2D eigenvalue weighted by Crippen LogP contribution is 2.37. The van der Waals surface area contributed by atoms with E-state index in [9.17, 15) is 25.0 Å². The van der Waals surface area contributed by atoms with E-state index >= 15 is 0 Å².